The molecule has 0 atom stereocenters. The second-order valence-electron chi connectivity index (χ2n) is 2.12. The fourth-order valence-electron chi connectivity index (χ4n) is 0.602. The van der Waals surface area contributed by atoms with Crippen molar-refractivity contribution in [3.05, 3.63) is 12.3 Å². The summed E-state index contributed by atoms with van der Waals surface area (Å²) in [6.45, 7) is 9.78. The molecule has 10 heavy (non-hydrogen) atoms. The molecule has 0 saturated heterocycles. The summed E-state index contributed by atoms with van der Waals surface area (Å²) in [5.41, 5.74) is 6.16. The van der Waals surface area contributed by atoms with E-state index in [0.29, 0.717) is 0 Å². The number of hydrogen-bond donors (Lipinski definition) is 1. The lowest BCUT2D eigenvalue weighted by atomic mass is 10.2. The lowest BCUT2D eigenvalue weighted by Crippen LogP contribution is -1.93. The highest BCUT2D eigenvalue weighted by atomic mass is 14.5. The molecule has 0 rings (SSSR count). The summed E-state index contributed by atoms with van der Waals surface area (Å²) < 4.78 is 0. The van der Waals surface area contributed by atoms with Crippen molar-refractivity contribution in [2.45, 2.75) is 46.5 Å². The topological polar surface area (TPSA) is 26.0 Å². The highest BCUT2D eigenvalue weighted by Gasteiger charge is 1.84. The van der Waals surface area contributed by atoms with Crippen molar-refractivity contribution >= 4 is 0 Å². The van der Waals surface area contributed by atoms with Crippen molar-refractivity contribution in [1.29, 1.82) is 0 Å². The normalized spacial score (nSPS) is 7.90. The van der Waals surface area contributed by atoms with Crippen molar-refractivity contribution in [2.24, 2.45) is 5.73 Å². The van der Waals surface area contributed by atoms with Gasteiger partial charge in [0.05, 0.1) is 0 Å². The molecule has 0 unspecified atom stereocenters. The second kappa shape index (κ2) is 11.4. The van der Waals surface area contributed by atoms with E-state index in [-0.39, 0.29) is 0 Å². The molecule has 0 amide bonds. The Balaban J connectivity index is 0. The second-order valence-corrected chi connectivity index (χ2v) is 2.12. The van der Waals surface area contributed by atoms with Crippen LogP contribution in [0.25, 0.3) is 0 Å². The molecule has 0 aromatic heterocycles. The van der Waals surface area contributed by atoms with Crippen molar-refractivity contribution < 1.29 is 0 Å². The Kier molecular flexibility index (Phi) is 13.9. The van der Waals surface area contributed by atoms with Gasteiger partial charge >= 0.3 is 0 Å². The summed E-state index contributed by atoms with van der Waals surface area (Å²) in [7, 11) is 0. The summed E-state index contributed by atoms with van der Waals surface area (Å²) in [5.74, 6) is 0. The average molecular weight is 143 g/mol. The lowest BCUT2D eigenvalue weighted by molar-refractivity contribution is 0.711. The van der Waals surface area contributed by atoms with E-state index < -0.39 is 0 Å². The Hall–Kier alpha value is -0.460. The predicted octanol–water partition coefficient (Wildman–Crippen LogP) is 3.07. The molecule has 0 aromatic rings. The van der Waals surface area contributed by atoms with Gasteiger partial charge in [-0.05, 0) is 12.8 Å². The highest BCUT2D eigenvalue weighted by molar-refractivity contribution is 4.84. The summed E-state index contributed by atoms with van der Waals surface area (Å²) >= 11 is 0. The minimum atomic E-state index is 0.818. The van der Waals surface area contributed by atoms with E-state index in [0.717, 1.165) is 12.1 Å². The van der Waals surface area contributed by atoms with Crippen LogP contribution < -0.4 is 5.73 Å². The van der Waals surface area contributed by atoms with E-state index in [1.54, 1.807) is 0 Å². The molecule has 0 aliphatic carbocycles. The van der Waals surface area contributed by atoms with Crippen molar-refractivity contribution in [2.75, 3.05) is 0 Å². The Morgan fingerprint density at radius 1 is 1.30 bits per heavy atom. The summed E-state index contributed by atoms with van der Waals surface area (Å²) in [6, 6.07) is 0. The zero-order valence-corrected chi connectivity index (χ0v) is 7.61. The van der Waals surface area contributed by atoms with Gasteiger partial charge in [-0.3, -0.25) is 0 Å². The monoisotopic (exact) mass is 143 g/mol. The number of unbranched alkanes of at least 4 members (excludes halogenated alkanes) is 2. The number of hydrogen-bond acceptors (Lipinski definition) is 1. The fourth-order valence-corrected chi connectivity index (χ4v) is 0.602. The number of allylic oxidation sites excluding steroid dienone is 1. The van der Waals surface area contributed by atoms with Gasteiger partial charge in [-0.15, -0.1) is 0 Å². The van der Waals surface area contributed by atoms with Crippen LogP contribution in [0.5, 0.6) is 0 Å². The molecule has 0 bridgehead atoms. The van der Waals surface area contributed by atoms with E-state index in [1.165, 1.54) is 19.3 Å². The van der Waals surface area contributed by atoms with Gasteiger partial charge < -0.3 is 5.73 Å². The van der Waals surface area contributed by atoms with Gasteiger partial charge in [0.2, 0.25) is 0 Å². The molecule has 1 heteroatoms. The molecule has 0 aromatic carbocycles. The Morgan fingerprint density at radius 2 is 1.80 bits per heavy atom. The SMILES string of the molecule is C=C(N)CCCCC.CC. The van der Waals surface area contributed by atoms with Gasteiger partial charge in [-0.1, -0.05) is 40.2 Å². The summed E-state index contributed by atoms with van der Waals surface area (Å²) in [4.78, 5) is 0. The van der Waals surface area contributed by atoms with Gasteiger partial charge in [0.1, 0.15) is 0 Å². The Labute approximate surface area is 65.3 Å². The summed E-state index contributed by atoms with van der Waals surface area (Å²) in [5, 5.41) is 0. The number of rotatable bonds is 4. The molecular formula is C9H21N. The molecule has 0 aliphatic heterocycles. The summed E-state index contributed by atoms with van der Waals surface area (Å²) in [6.07, 6.45) is 4.73. The molecule has 2 N–H and O–H groups in total. The fraction of sp³-hybridized carbons (Fsp3) is 0.778. The molecule has 0 radical (unpaired) electrons. The standard InChI is InChI=1S/C7H15N.C2H6/c1-3-4-5-6-7(2)8;1-2/h2-6,8H2,1H3;1-2H3. The van der Waals surface area contributed by atoms with Crippen molar-refractivity contribution in [3.8, 4) is 0 Å². The van der Waals surface area contributed by atoms with Gasteiger partial charge in [0.25, 0.3) is 0 Å². The third-order valence-corrected chi connectivity index (χ3v) is 1.10. The molecule has 62 valence electrons. The van der Waals surface area contributed by atoms with E-state index in [1.807, 2.05) is 13.8 Å². The minimum Gasteiger partial charge on any atom is -0.403 e. The van der Waals surface area contributed by atoms with Crippen LogP contribution >= 0.6 is 0 Å². The quantitative estimate of drug-likeness (QED) is 0.601. The lowest BCUT2D eigenvalue weighted by Gasteiger charge is -1.95. The van der Waals surface area contributed by atoms with Crippen LogP contribution in [-0.2, 0) is 0 Å². The minimum absolute atomic E-state index is 0.818. The van der Waals surface area contributed by atoms with Gasteiger partial charge in [-0.2, -0.15) is 0 Å². The van der Waals surface area contributed by atoms with Gasteiger partial charge in [-0.25, -0.2) is 0 Å². The van der Waals surface area contributed by atoms with E-state index in [4.69, 9.17) is 5.73 Å². The maximum atomic E-state index is 5.34. The van der Waals surface area contributed by atoms with Crippen LogP contribution in [0.4, 0.5) is 0 Å². The van der Waals surface area contributed by atoms with E-state index >= 15 is 0 Å². The maximum absolute atomic E-state index is 5.34. The van der Waals surface area contributed by atoms with Gasteiger partial charge in [0, 0.05) is 5.70 Å². The Morgan fingerprint density at radius 3 is 2.10 bits per heavy atom. The van der Waals surface area contributed by atoms with Crippen LogP contribution in [0.1, 0.15) is 46.5 Å². The maximum Gasteiger partial charge on any atom is 0.000744 e. The van der Waals surface area contributed by atoms with Crippen LogP contribution in [0.3, 0.4) is 0 Å². The van der Waals surface area contributed by atoms with Crippen molar-refractivity contribution in [1.82, 2.24) is 0 Å². The smallest absolute Gasteiger partial charge is 0.000744 e. The van der Waals surface area contributed by atoms with Crippen LogP contribution in [0.15, 0.2) is 12.3 Å². The Bertz CT molecular complexity index is 67.1. The van der Waals surface area contributed by atoms with Crippen LogP contribution in [0, 0.1) is 0 Å². The predicted molar refractivity (Wildman–Crippen MR) is 48.8 cm³/mol. The van der Waals surface area contributed by atoms with E-state index in [9.17, 15) is 0 Å². The first kappa shape index (κ1) is 12.2. The van der Waals surface area contributed by atoms with Gasteiger partial charge in [0.15, 0.2) is 0 Å². The molecule has 0 saturated carbocycles. The molecule has 0 heterocycles. The van der Waals surface area contributed by atoms with E-state index in [2.05, 4.69) is 13.5 Å². The van der Waals surface area contributed by atoms with Crippen LogP contribution in [-0.4, -0.2) is 0 Å². The zero-order chi connectivity index (χ0) is 8.41. The third-order valence-electron chi connectivity index (χ3n) is 1.10. The molecule has 0 fully saturated rings. The first-order chi connectivity index (χ1) is 4.77. The first-order valence-corrected chi connectivity index (χ1v) is 4.20. The molecule has 1 nitrogen and oxygen atoms in total. The molecular weight excluding hydrogens is 122 g/mol. The van der Waals surface area contributed by atoms with Crippen molar-refractivity contribution in [3.63, 3.8) is 0 Å². The largest absolute Gasteiger partial charge is 0.403 e. The third kappa shape index (κ3) is 15.6. The molecule has 0 aliphatic rings. The number of nitrogens with two attached hydrogens (primary N) is 1. The average Bonchev–Trinajstić information content (AvgIpc) is 1.92. The zero-order valence-electron chi connectivity index (χ0n) is 7.61. The highest BCUT2D eigenvalue weighted by Crippen LogP contribution is 2.01. The molecule has 0 spiro atoms. The first-order valence-electron chi connectivity index (χ1n) is 4.20. The van der Waals surface area contributed by atoms with Crippen LogP contribution in [0.2, 0.25) is 0 Å².